The van der Waals surface area contributed by atoms with E-state index in [0.29, 0.717) is 18.8 Å². The lowest BCUT2D eigenvalue weighted by Crippen LogP contribution is -2.41. The van der Waals surface area contributed by atoms with Gasteiger partial charge in [-0.2, -0.15) is 0 Å². The van der Waals surface area contributed by atoms with Crippen molar-refractivity contribution >= 4 is 35.8 Å². The first kappa shape index (κ1) is 23.5. The summed E-state index contributed by atoms with van der Waals surface area (Å²) >= 11 is 0. The molecule has 7 nitrogen and oxygen atoms in total. The Kier molecular flexibility index (Phi) is 11.8. The van der Waals surface area contributed by atoms with E-state index in [2.05, 4.69) is 20.9 Å². The van der Waals surface area contributed by atoms with Crippen molar-refractivity contribution in [3.8, 4) is 5.75 Å². The lowest BCUT2D eigenvalue weighted by Gasteiger charge is -2.15. The Labute approximate surface area is 178 Å². The van der Waals surface area contributed by atoms with E-state index in [1.54, 1.807) is 0 Å². The largest absolute Gasteiger partial charge is 0.484 e. The molecule has 1 amide bonds. The lowest BCUT2D eigenvalue weighted by atomic mass is 10.2. The molecular formula is C19H31IN4O3. The first-order valence-corrected chi connectivity index (χ1v) is 9.33. The molecule has 3 N–H and O–H groups in total. The number of hydrogen-bond acceptors (Lipinski definition) is 4. The van der Waals surface area contributed by atoms with Crippen LogP contribution in [-0.4, -0.2) is 50.8 Å². The predicted octanol–water partition coefficient (Wildman–Crippen LogP) is 2.05. The molecule has 0 aromatic heterocycles. The van der Waals surface area contributed by atoms with Gasteiger partial charge in [0.25, 0.3) is 5.91 Å². The number of carbonyl (C=O) groups excluding carboxylic acids is 1. The molecule has 8 heteroatoms. The Morgan fingerprint density at radius 3 is 2.78 bits per heavy atom. The fourth-order valence-corrected chi connectivity index (χ4v) is 2.66. The second kappa shape index (κ2) is 13.6. The summed E-state index contributed by atoms with van der Waals surface area (Å²) in [5.74, 6) is 1.32. The third-order valence-electron chi connectivity index (χ3n) is 3.93. The highest BCUT2D eigenvalue weighted by atomic mass is 127. The summed E-state index contributed by atoms with van der Waals surface area (Å²) < 4.78 is 11.2. The Bertz CT molecular complexity index is 592. The summed E-state index contributed by atoms with van der Waals surface area (Å²) in [5, 5.41) is 9.29. The second-order valence-corrected chi connectivity index (χ2v) is 6.10. The molecule has 1 aliphatic rings. The lowest BCUT2D eigenvalue weighted by molar-refractivity contribution is -0.122. The number of nitrogens with zero attached hydrogens (tertiary/aromatic N) is 1. The molecular weight excluding hydrogens is 459 g/mol. The highest BCUT2D eigenvalue weighted by molar-refractivity contribution is 14.0. The van der Waals surface area contributed by atoms with Gasteiger partial charge >= 0.3 is 0 Å². The molecule has 2 rings (SSSR count). The molecule has 0 radical (unpaired) electrons. The number of rotatable bonds is 9. The van der Waals surface area contributed by atoms with Crippen molar-refractivity contribution in [3.63, 3.8) is 0 Å². The number of aliphatic imine (C=N–C) groups is 1. The number of likely N-dealkylation sites (N-methyl/N-ethyl adjacent to an activating group) is 1. The predicted molar refractivity (Wildman–Crippen MR) is 118 cm³/mol. The number of benzene rings is 1. The number of ether oxygens (including phenoxy) is 2. The molecule has 1 aromatic carbocycles. The Morgan fingerprint density at radius 2 is 2.07 bits per heavy atom. The molecule has 1 saturated heterocycles. The fraction of sp³-hybridized carbons (Fsp3) is 0.579. The zero-order valence-corrected chi connectivity index (χ0v) is 18.5. The molecule has 0 aliphatic carbocycles. The van der Waals surface area contributed by atoms with Gasteiger partial charge in [-0.15, -0.1) is 24.0 Å². The summed E-state index contributed by atoms with van der Waals surface area (Å²) in [5.41, 5.74) is 1.02. The van der Waals surface area contributed by atoms with Crippen molar-refractivity contribution < 1.29 is 14.3 Å². The Morgan fingerprint density at radius 1 is 1.26 bits per heavy atom. The standard InChI is InChI=1S/C19H30N4O3.HI/c1-3-20-18(24)14-26-16-8-5-7-15(11-16)12-22-19(21-4-2)23-13-17-9-6-10-25-17;/h5,7-8,11,17H,3-4,6,9-10,12-14H2,1-2H3,(H,20,24)(H2,21,22,23);1H. The first-order chi connectivity index (χ1) is 12.7. The van der Waals surface area contributed by atoms with Crippen molar-refractivity contribution in [2.45, 2.75) is 39.3 Å². The minimum absolute atomic E-state index is 0. The van der Waals surface area contributed by atoms with E-state index >= 15 is 0 Å². The van der Waals surface area contributed by atoms with Crippen LogP contribution in [0.4, 0.5) is 0 Å². The average molecular weight is 490 g/mol. The Balaban J connectivity index is 0.00000364. The molecule has 1 aromatic rings. The van der Waals surface area contributed by atoms with Crippen LogP contribution in [0.15, 0.2) is 29.3 Å². The van der Waals surface area contributed by atoms with E-state index in [9.17, 15) is 4.79 Å². The van der Waals surface area contributed by atoms with Crippen LogP contribution >= 0.6 is 24.0 Å². The van der Waals surface area contributed by atoms with E-state index in [0.717, 1.165) is 44.1 Å². The minimum Gasteiger partial charge on any atom is -0.484 e. The molecule has 0 saturated carbocycles. The molecule has 1 heterocycles. The summed E-state index contributed by atoms with van der Waals surface area (Å²) in [4.78, 5) is 16.1. The topological polar surface area (TPSA) is 84.0 Å². The van der Waals surface area contributed by atoms with E-state index in [-0.39, 0.29) is 42.6 Å². The molecule has 152 valence electrons. The van der Waals surface area contributed by atoms with Crippen molar-refractivity contribution in [1.82, 2.24) is 16.0 Å². The molecule has 27 heavy (non-hydrogen) atoms. The third-order valence-corrected chi connectivity index (χ3v) is 3.93. The zero-order chi connectivity index (χ0) is 18.6. The highest BCUT2D eigenvalue weighted by Gasteiger charge is 2.15. The van der Waals surface area contributed by atoms with Crippen molar-refractivity contribution in [1.29, 1.82) is 0 Å². The smallest absolute Gasteiger partial charge is 0.257 e. The van der Waals surface area contributed by atoms with E-state index < -0.39 is 0 Å². The van der Waals surface area contributed by atoms with Crippen LogP contribution in [0.5, 0.6) is 5.75 Å². The van der Waals surface area contributed by atoms with Gasteiger partial charge in [-0.25, -0.2) is 4.99 Å². The summed E-state index contributed by atoms with van der Waals surface area (Å²) in [7, 11) is 0. The number of carbonyl (C=O) groups is 1. The monoisotopic (exact) mass is 490 g/mol. The van der Waals surface area contributed by atoms with Crippen molar-refractivity contribution in [2.24, 2.45) is 4.99 Å². The van der Waals surface area contributed by atoms with Crippen molar-refractivity contribution in [3.05, 3.63) is 29.8 Å². The van der Waals surface area contributed by atoms with Crippen LogP contribution in [0.25, 0.3) is 0 Å². The van der Waals surface area contributed by atoms with E-state index in [1.807, 2.05) is 38.1 Å². The van der Waals surface area contributed by atoms with Gasteiger partial charge in [0.15, 0.2) is 12.6 Å². The molecule has 1 aliphatic heterocycles. The van der Waals surface area contributed by atoms with Crippen LogP contribution in [0.1, 0.15) is 32.3 Å². The molecule has 0 bridgehead atoms. The Hall–Kier alpha value is -1.55. The van der Waals surface area contributed by atoms with Gasteiger partial charge in [-0.3, -0.25) is 4.79 Å². The average Bonchev–Trinajstić information content (AvgIpc) is 3.16. The molecule has 0 spiro atoms. The maximum absolute atomic E-state index is 11.5. The van der Waals surface area contributed by atoms with Gasteiger partial charge in [0, 0.05) is 26.2 Å². The molecule has 1 fully saturated rings. The normalized spacial score (nSPS) is 16.4. The van der Waals surface area contributed by atoms with Gasteiger partial charge in [0.1, 0.15) is 5.75 Å². The summed E-state index contributed by atoms with van der Waals surface area (Å²) in [6.45, 7) is 7.48. The SMILES string of the molecule is CCNC(=O)COc1cccc(CN=C(NCC)NCC2CCCO2)c1.I. The third kappa shape index (κ3) is 9.28. The van der Waals surface area contributed by atoms with Crippen LogP contribution < -0.4 is 20.7 Å². The van der Waals surface area contributed by atoms with Gasteiger partial charge in [0.05, 0.1) is 12.6 Å². The highest BCUT2D eigenvalue weighted by Crippen LogP contribution is 2.14. The number of halogens is 1. The zero-order valence-electron chi connectivity index (χ0n) is 16.1. The van der Waals surface area contributed by atoms with Crippen LogP contribution in [0.2, 0.25) is 0 Å². The number of guanidine groups is 1. The first-order valence-electron chi connectivity index (χ1n) is 9.33. The fourth-order valence-electron chi connectivity index (χ4n) is 2.66. The van der Waals surface area contributed by atoms with Crippen molar-refractivity contribution in [2.75, 3.05) is 32.8 Å². The van der Waals surface area contributed by atoms with Crippen LogP contribution in [0.3, 0.4) is 0 Å². The number of nitrogens with one attached hydrogen (secondary N) is 3. The van der Waals surface area contributed by atoms with Gasteiger partial charge in [-0.1, -0.05) is 12.1 Å². The van der Waals surface area contributed by atoms with Crippen LogP contribution in [0, 0.1) is 0 Å². The van der Waals surface area contributed by atoms with E-state index in [4.69, 9.17) is 9.47 Å². The van der Waals surface area contributed by atoms with Gasteiger partial charge < -0.3 is 25.4 Å². The van der Waals surface area contributed by atoms with Gasteiger partial charge in [-0.05, 0) is 44.4 Å². The number of hydrogen-bond donors (Lipinski definition) is 3. The summed E-state index contributed by atoms with van der Waals surface area (Å²) in [6.07, 6.45) is 2.49. The molecule has 1 unspecified atom stereocenters. The number of amides is 1. The maximum Gasteiger partial charge on any atom is 0.257 e. The second-order valence-electron chi connectivity index (χ2n) is 6.10. The minimum atomic E-state index is -0.122. The quantitative estimate of drug-likeness (QED) is 0.281. The van der Waals surface area contributed by atoms with Gasteiger partial charge in [0.2, 0.25) is 0 Å². The van der Waals surface area contributed by atoms with E-state index in [1.165, 1.54) is 0 Å². The molecule has 1 atom stereocenters. The van der Waals surface area contributed by atoms with Crippen LogP contribution in [-0.2, 0) is 16.1 Å². The summed E-state index contributed by atoms with van der Waals surface area (Å²) in [6, 6.07) is 7.65. The maximum atomic E-state index is 11.5.